The molecule has 0 aromatic carbocycles. The number of aryl methyl sites for hydroxylation is 1. The number of rotatable bonds is 5. The molecule has 2 aromatic heterocycles. The fourth-order valence-corrected chi connectivity index (χ4v) is 6.97. The summed E-state index contributed by atoms with van der Waals surface area (Å²) in [5.41, 5.74) is 0.917. The summed E-state index contributed by atoms with van der Waals surface area (Å²) in [7, 11) is -3.62. The molecular formula is C21H29N5O4S2. The molecule has 2 saturated heterocycles. The monoisotopic (exact) mass is 479 g/mol. The van der Waals surface area contributed by atoms with Gasteiger partial charge in [0.2, 0.25) is 15.9 Å². The number of amides is 2. The highest BCUT2D eigenvalue weighted by Gasteiger charge is 2.32. The number of hydrogen-bond donors (Lipinski definition) is 0. The van der Waals surface area contributed by atoms with Gasteiger partial charge >= 0.3 is 0 Å². The van der Waals surface area contributed by atoms with Crippen molar-refractivity contribution in [2.45, 2.75) is 44.6 Å². The summed E-state index contributed by atoms with van der Waals surface area (Å²) >= 11 is 1.42. The Labute approximate surface area is 192 Å². The van der Waals surface area contributed by atoms with Gasteiger partial charge < -0.3 is 9.80 Å². The van der Waals surface area contributed by atoms with Crippen LogP contribution in [0.5, 0.6) is 0 Å². The van der Waals surface area contributed by atoms with Gasteiger partial charge in [0, 0.05) is 39.3 Å². The lowest BCUT2D eigenvalue weighted by Gasteiger charge is -2.34. The summed E-state index contributed by atoms with van der Waals surface area (Å²) in [6, 6.07) is 3.66. The van der Waals surface area contributed by atoms with Crippen LogP contribution in [0.15, 0.2) is 22.4 Å². The average molecular weight is 480 g/mol. The third-order valence-corrected chi connectivity index (χ3v) is 9.17. The zero-order valence-electron chi connectivity index (χ0n) is 18.5. The van der Waals surface area contributed by atoms with Crippen LogP contribution in [0.3, 0.4) is 0 Å². The first kappa shape index (κ1) is 22.9. The summed E-state index contributed by atoms with van der Waals surface area (Å²) in [5, 5.41) is 6.26. The normalized spacial score (nSPS) is 18.2. The minimum Gasteiger partial charge on any atom is -0.338 e. The molecule has 174 valence electrons. The summed E-state index contributed by atoms with van der Waals surface area (Å²) < 4.78 is 29.4. The summed E-state index contributed by atoms with van der Waals surface area (Å²) in [4.78, 5) is 29.8. The maximum atomic E-state index is 13.2. The second kappa shape index (κ2) is 9.32. The summed E-state index contributed by atoms with van der Waals surface area (Å²) in [5.74, 6) is -0.126. The minimum absolute atomic E-state index is 0.00166. The Hall–Kier alpha value is -2.24. The van der Waals surface area contributed by atoms with E-state index in [2.05, 4.69) is 5.10 Å². The Morgan fingerprint density at radius 1 is 1.00 bits per heavy atom. The maximum Gasteiger partial charge on any atom is 0.264 e. The van der Waals surface area contributed by atoms with E-state index < -0.39 is 10.0 Å². The molecular weight excluding hydrogens is 450 g/mol. The second-order valence-electron chi connectivity index (χ2n) is 8.27. The van der Waals surface area contributed by atoms with Crippen molar-refractivity contribution in [3.8, 4) is 0 Å². The Kier molecular flexibility index (Phi) is 6.68. The predicted octanol–water partition coefficient (Wildman–Crippen LogP) is 1.72. The standard InChI is InChI=1S/C21H29N5O4S2/c1-16-20(32(29,30)25-8-4-3-5-9-25)17(2)26(22-16)15-19(27)23-10-12-24(13-11-23)21(28)18-7-6-14-31-18/h6-7,14H,3-5,8-13,15H2,1-2H3. The molecule has 2 aromatic rings. The highest BCUT2D eigenvalue weighted by Crippen LogP contribution is 2.26. The van der Waals surface area contributed by atoms with Crippen LogP contribution in [-0.2, 0) is 21.4 Å². The molecule has 2 aliphatic heterocycles. The van der Waals surface area contributed by atoms with Crippen molar-refractivity contribution in [3.05, 3.63) is 33.8 Å². The fraction of sp³-hybridized carbons (Fsp3) is 0.571. The van der Waals surface area contributed by atoms with E-state index in [0.29, 0.717) is 55.5 Å². The van der Waals surface area contributed by atoms with Crippen LogP contribution in [0.25, 0.3) is 0 Å². The number of nitrogens with zero attached hydrogens (tertiary/aromatic N) is 5. The molecule has 0 spiro atoms. The zero-order chi connectivity index (χ0) is 22.9. The minimum atomic E-state index is -3.62. The fourth-order valence-electron chi connectivity index (χ4n) is 4.39. The van der Waals surface area contributed by atoms with E-state index in [-0.39, 0.29) is 23.3 Å². The molecule has 0 radical (unpaired) electrons. The van der Waals surface area contributed by atoms with Crippen LogP contribution in [0, 0.1) is 13.8 Å². The van der Waals surface area contributed by atoms with Gasteiger partial charge in [0.25, 0.3) is 5.91 Å². The van der Waals surface area contributed by atoms with E-state index in [1.54, 1.807) is 23.6 Å². The van der Waals surface area contributed by atoms with Crippen molar-refractivity contribution >= 4 is 33.2 Å². The van der Waals surface area contributed by atoms with Crippen molar-refractivity contribution in [2.75, 3.05) is 39.3 Å². The van der Waals surface area contributed by atoms with Crippen molar-refractivity contribution in [2.24, 2.45) is 0 Å². The first-order valence-electron chi connectivity index (χ1n) is 10.9. The molecule has 9 nitrogen and oxygen atoms in total. The van der Waals surface area contributed by atoms with E-state index in [1.165, 1.54) is 20.3 Å². The van der Waals surface area contributed by atoms with Crippen LogP contribution >= 0.6 is 11.3 Å². The Morgan fingerprint density at radius 3 is 2.28 bits per heavy atom. The molecule has 11 heteroatoms. The van der Waals surface area contributed by atoms with Crippen LogP contribution < -0.4 is 0 Å². The summed E-state index contributed by atoms with van der Waals surface area (Å²) in [6.07, 6.45) is 2.78. The van der Waals surface area contributed by atoms with Gasteiger partial charge in [-0.05, 0) is 38.1 Å². The molecule has 0 N–H and O–H groups in total. The summed E-state index contributed by atoms with van der Waals surface area (Å²) in [6.45, 7) is 6.30. The van der Waals surface area contributed by atoms with Crippen LogP contribution in [0.1, 0.15) is 40.3 Å². The molecule has 0 aliphatic carbocycles. The van der Waals surface area contributed by atoms with Crippen molar-refractivity contribution in [1.29, 1.82) is 0 Å². The smallest absolute Gasteiger partial charge is 0.264 e. The Bertz CT molecular complexity index is 1080. The van der Waals surface area contributed by atoms with Gasteiger partial charge in [-0.3, -0.25) is 14.3 Å². The van der Waals surface area contributed by atoms with E-state index in [9.17, 15) is 18.0 Å². The number of piperidine rings is 1. The van der Waals surface area contributed by atoms with Crippen molar-refractivity contribution < 1.29 is 18.0 Å². The molecule has 4 rings (SSSR count). The molecule has 0 atom stereocenters. The molecule has 4 heterocycles. The predicted molar refractivity (Wildman–Crippen MR) is 121 cm³/mol. The van der Waals surface area contributed by atoms with Crippen LogP contribution in [-0.4, -0.2) is 83.4 Å². The molecule has 0 bridgehead atoms. The number of aromatic nitrogens is 2. The van der Waals surface area contributed by atoms with Crippen molar-refractivity contribution in [3.63, 3.8) is 0 Å². The number of thiophene rings is 1. The molecule has 2 amide bonds. The SMILES string of the molecule is Cc1nn(CC(=O)N2CCN(C(=O)c3cccs3)CC2)c(C)c1S(=O)(=O)N1CCCCC1. The van der Waals surface area contributed by atoms with Crippen LogP contribution in [0.2, 0.25) is 0 Å². The molecule has 32 heavy (non-hydrogen) atoms. The molecule has 0 unspecified atom stereocenters. The van der Waals surface area contributed by atoms with E-state index >= 15 is 0 Å². The average Bonchev–Trinajstić information content (AvgIpc) is 3.42. The highest BCUT2D eigenvalue weighted by atomic mass is 32.2. The first-order valence-corrected chi connectivity index (χ1v) is 13.3. The van der Waals surface area contributed by atoms with Crippen LogP contribution in [0.4, 0.5) is 0 Å². The number of sulfonamides is 1. The Morgan fingerprint density at radius 2 is 1.66 bits per heavy atom. The van der Waals surface area contributed by atoms with E-state index in [0.717, 1.165) is 19.3 Å². The topological polar surface area (TPSA) is 95.8 Å². The van der Waals surface area contributed by atoms with Crippen molar-refractivity contribution in [1.82, 2.24) is 23.9 Å². The van der Waals surface area contributed by atoms with E-state index in [1.807, 2.05) is 17.5 Å². The molecule has 2 fully saturated rings. The zero-order valence-corrected chi connectivity index (χ0v) is 20.1. The molecule has 0 saturated carbocycles. The molecule has 2 aliphatic rings. The first-order chi connectivity index (χ1) is 15.3. The second-order valence-corrected chi connectivity index (χ2v) is 11.1. The third-order valence-electron chi connectivity index (χ3n) is 6.16. The lowest BCUT2D eigenvalue weighted by molar-refractivity contribution is -0.133. The number of carbonyl (C=O) groups is 2. The number of hydrogen-bond acceptors (Lipinski definition) is 6. The van der Waals surface area contributed by atoms with E-state index in [4.69, 9.17) is 0 Å². The van der Waals surface area contributed by atoms with Gasteiger partial charge in [0.1, 0.15) is 11.4 Å². The highest BCUT2D eigenvalue weighted by molar-refractivity contribution is 7.89. The Balaban J connectivity index is 1.41. The van der Waals surface area contributed by atoms with Gasteiger partial charge in [-0.15, -0.1) is 11.3 Å². The lowest BCUT2D eigenvalue weighted by atomic mass is 10.2. The van der Waals surface area contributed by atoms with Gasteiger partial charge in [0.05, 0.1) is 16.3 Å². The van der Waals surface area contributed by atoms with Gasteiger partial charge in [-0.1, -0.05) is 12.5 Å². The maximum absolute atomic E-state index is 13.2. The largest absolute Gasteiger partial charge is 0.338 e. The van der Waals surface area contributed by atoms with Gasteiger partial charge in [-0.25, -0.2) is 8.42 Å². The van der Waals surface area contributed by atoms with Gasteiger partial charge in [0.15, 0.2) is 0 Å². The number of carbonyl (C=O) groups excluding carboxylic acids is 2. The quantitative estimate of drug-likeness (QED) is 0.651. The third kappa shape index (κ3) is 4.46. The van der Waals surface area contributed by atoms with Gasteiger partial charge in [-0.2, -0.15) is 9.40 Å². The number of piperazine rings is 1. The lowest BCUT2D eigenvalue weighted by Crippen LogP contribution is -2.51.